The van der Waals surface area contributed by atoms with Gasteiger partial charge in [-0.3, -0.25) is 4.90 Å². The van der Waals surface area contributed by atoms with Crippen molar-refractivity contribution >= 4 is 0 Å². The molecule has 0 aliphatic carbocycles. The highest BCUT2D eigenvalue weighted by atomic mass is 19.2. The molecule has 20 heavy (non-hydrogen) atoms. The molecule has 1 heterocycles. The Bertz CT molecular complexity index is 459. The van der Waals surface area contributed by atoms with Crippen LogP contribution >= 0.6 is 0 Å². The number of benzene rings is 1. The fourth-order valence-corrected chi connectivity index (χ4v) is 2.84. The summed E-state index contributed by atoms with van der Waals surface area (Å²) in [4.78, 5) is 2.11. The molecule has 1 aromatic rings. The highest BCUT2D eigenvalue weighted by Crippen LogP contribution is 2.33. The molecule has 112 valence electrons. The van der Waals surface area contributed by atoms with Crippen molar-refractivity contribution in [2.24, 2.45) is 5.92 Å². The van der Waals surface area contributed by atoms with Crippen LogP contribution in [0.1, 0.15) is 31.9 Å². The molecule has 0 radical (unpaired) electrons. The van der Waals surface area contributed by atoms with Crippen molar-refractivity contribution in [3.63, 3.8) is 0 Å². The van der Waals surface area contributed by atoms with Crippen molar-refractivity contribution in [1.29, 1.82) is 0 Å². The quantitative estimate of drug-likeness (QED) is 0.856. The predicted octanol–water partition coefficient (Wildman–Crippen LogP) is 3.10. The zero-order valence-electron chi connectivity index (χ0n) is 11.9. The first-order chi connectivity index (χ1) is 9.54. The summed E-state index contributed by atoms with van der Waals surface area (Å²) in [5, 5.41) is 3.23. The number of halogens is 3. The fourth-order valence-electron chi connectivity index (χ4n) is 2.84. The van der Waals surface area contributed by atoms with Crippen LogP contribution in [0.5, 0.6) is 0 Å². The number of nitrogens with zero attached hydrogens (tertiary/aromatic N) is 1. The van der Waals surface area contributed by atoms with Gasteiger partial charge < -0.3 is 5.32 Å². The van der Waals surface area contributed by atoms with E-state index in [9.17, 15) is 13.2 Å². The van der Waals surface area contributed by atoms with E-state index in [0.29, 0.717) is 6.07 Å². The first kappa shape index (κ1) is 15.3. The topological polar surface area (TPSA) is 15.3 Å². The number of piperazine rings is 1. The third-order valence-corrected chi connectivity index (χ3v) is 4.07. The van der Waals surface area contributed by atoms with Crippen LogP contribution in [0.4, 0.5) is 13.2 Å². The van der Waals surface area contributed by atoms with E-state index in [1.807, 2.05) is 13.8 Å². The van der Waals surface area contributed by atoms with Crippen LogP contribution in [0.3, 0.4) is 0 Å². The Balaban J connectivity index is 2.40. The van der Waals surface area contributed by atoms with E-state index in [2.05, 4.69) is 10.2 Å². The Kier molecular flexibility index (Phi) is 5.05. The Labute approximate surface area is 118 Å². The van der Waals surface area contributed by atoms with Gasteiger partial charge in [-0.05, 0) is 12.0 Å². The first-order valence-corrected chi connectivity index (χ1v) is 7.13. The van der Waals surface area contributed by atoms with E-state index in [1.54, 1.807) is 0 Å². The maximum Gasteiger partial charge on any atom is 0.163 e. The van der Waals surface area contributed by atoms with Gasteiger partial charge in [0.25, 0.3) is 0 Å². The van der Waals surface area contributed by atoms with Crippen LogP contribution in [0.15, 0.2) is 12.1 Å². The zero-order valence-corrected chi connectivity index (χ0v) is 11.9. The van der Waals surface area contributed by atoms with E-state index in [-0.39, 0.29) is 17.5 Å². The van der Waals surface area contributed by atoms with Crippen molar-refractivity contribution < 1.29 is 13.2 Å². The Morgan fingerprint density at radius 2 is 1.85 bits per heavy atom. The average Bonchev–Trinajstić information content (AvgIpc) is 2.45. The van der Waals surface area contributed by atoms with Gasteiger partial charge >= 0.3 is 0 Å². The molecule has 1 N–H and O–H groups in total. The molecule has 1 aliphatic rings. The average molecular weight is 286 g/mol. The molecule has 1 aromatic carbocycles. The van der Waals surface area contributed by atoms with E-state index < -0.39 is 17.5 Å². The molecule has 2 nitrogen and oxygen atoms in total. The van der Waals surface area contributed by atoms with Gasteiger partial charge in [-0.25, -0.2) is 13.2 Å². The lowest BCUT2D eigenvalue weighted by atomic mass is 9.90. The molecule has 2 rings (SSSR count). The zero-order chi connectivity index (χ0) is 14.7. The largest absolute Gasteiger partial charge is 0.314 e. The van der Waals surface area contributed by atoms with Crippen molar-refractivity contribution in [3.05, 3.63) is 35.1 Å². The summed E-state index contributed by atoms with van der Waals surface area (Å²) in [6, 6.07) is 1.45. The molecule has 2 atom stereocenters. The van der Waals surface area contributed by atoms with Gasteiger partial charge in [-0.2, -0.15) is 0 Å². The maximum absolute atomic E-state index is 14.1. The smallest absolute Gasteiger partial charge is 0.163 e. The summed E-state index contributed by atoms with van der Waals surface area (Å²) in [7, 11) is 0. The molecule has 0 amide bonds. The van der Waals surface area contributed by atoms with Crippen LogP contribution in [0, 0.1) is 23.4 Å². The van der Waals surface area contributed by atoms with Gasteiger partial charge in [0.1, 0.15) is 5.82 Å². The lowest BCUT2D eigenvalue weighted by Gasteiger charge is -2.38. The second kappa shape index (κ2) is 6.59. The number of hydrogen-bond acceptors (Lipinski definition) is 2. The molecule has 0 aromatic heterocycles. The van der Waals surface area contributed by atoms with Gasteiger partial charge in [0.15, 0.2) is 11.6 Å². The van der Waals surface area contributed by atoms with E-state index in [4.69, 9.17) is 0 Å². The van der Waals surface area contributed by atoms with Crippen LogP contribution in [0.25, 0.3) is 0 Å². The van der Waals surface area contributed by atoms with Crippen molar-refractivity contribution in [3.8, 4) is 0 Å². The van der Waals surface area contributed by atoms with Crippen LogP contribution in [0.2, 0.25) is 0 Å². The summed E-state index contributed by atoms with van der Waals surface area (Å²) >= 11 is 0. The van der Waals surface area contributed by atoms with Gasteiger partial charge in [0.05, 0.1) is 0 Å². The van der Waals surface area contributed by atoms with E-state index in [0.717, 1.165) is 38.7 Å². The van der Waals surface area contributed by atoms with Crippen LogP contribution in [-0.2, 0) is 0 Å². The van der Waals surface area contributed by atoms with Crippen LogP contribution < -0.4 is 5.32 Å². The number of rotatable bonds is 4. The minimum atomic E-state index is -1.11. The molecule has 0 bridgehead atoms. The molecule has 0 spiro atoms. The lowest BCUT2D eigenvalue weighted by molar-refractivity contribution is 0.124. The second-order valence-corrected chi connectivity index (χ2v) is 5.41. The highest BCUT2D eigenvalue weighted by Gasteiger charge is 2.30. The summed E-state index contributed by atoms with van der Waals surface area (Å²) < 4.78 is 41.1. The highest BCUT2D eigenvalue weighted by molar-refractivity contribution is 5.24. The Morgan fingerprint density at radius 3 is 2.45 bits per heavy atom. The molecule has 1 fully saturated rings. The molecular weight excluding hydrogens is 265 g/mol. The third kappa shape index (κ3) is 3.15. The SMILES string of the molecule is CCC(C)[C@H](c1cc(F)cc(F)c1F)N1CCNCC1. The van der Waals surface area contributed by atoms with Gasteiger partial charge in [-0.15, -0.1) is 0 Å². The number of hydrogen-bond donors (Lipinski definition) is 1. The van der Waals surface area contributed by atoms with Gasteiger partial charge in [0.2, 0.25) is 0 Å². The van der Waals surface area contributed by atoms with Gasteiger partial charge in [-0.1, -0.05) is 20.3 Å². The van der Waals surface area contributed by atoms with Crippen molar-refractivity contribution in [1.82, 2.24) is 10.2 Å². The predicted molar refractivity (Wildman–Crippen MR) is 73.0 cm³/mol. The van der Waals surface area contributed by atoms with Crippen LogP contribution in [-0.4, -0.2) is 31.1 Å². The lowest BCUT2D eigenvalue weighted by Crippen LogP contribution is -2.46. The Hall–Kier alpha value is -1.07. The van der Waals surface area contributed by atoms with E-state index >= 15 is 0 Å². The summed E-state index contributed by atoms with van der Waals surface area (Å²) in [5.41, 5.74) is 0.138. The molecule has 0 saturated carbocycles. The fraction of sp³-hybridized carbons (Fsp3) is 0.600. The normalized spacial score (nSPS) is 19.9. The number of nitrogens with one attached hydrogen (secondary N) is 1. The standard InChI is InChI=1S/C15H21F3N2/c1-3-10(2)15(20-6-4-19-5-7-20)12-8-11(16)9-13(17)14(12)18/h8-10,15,19H,3-7H2,1-2H3/t10?,15-/m1/s1. The molecule has 1 aliphatic heterocycles. The van der Waals surface area contributed by atoms with E-state index in [1.165, 1.54) is 0 Å². The first-order valence-electron chi connectivity index (χ1n) is 7.13. The monoisotopic (exact) mass is 286 g/mol. The second-order valence-electron chi connectivity index (χ2n) is 5.41. The Morgan fingerprint density at radius 1 is 1.20 bits per heavy atom. The maximum atomic E-state index is 14.1. The van der Waals surface area contributed by atoms with Crippen molar-refractivity contribution in [2.75, 3.05) is 26.2 Å². The summed E-state index contributed by atoms with van der Waals surface area (Å²) in [6.07, 6.45) is 0.826. The molecule has 5 heteroatoms. The van der Waals surface area contributed by atoms with Crippen molar-refractivity contribution in [2.45, 2.75) is 26.3 Å². The molecule has 1 saturated heterocycles. The summed E-state index contributed by atoms with van der Waals surface area (Å²) in [5.74, 6) is -2.62. The third-order valence-electron chi connectivity index (χ3n) is 4.07. The van der Waals surface area contributed by atoms with Gasteiger partial charge in [0, 0.05) is 43.9 Å². The minimum Gasteiger partial charge on any atom is -0.314 e. The molecular formula is C15H21F3N2. The molecule has 1 unspecified atom stereocenters. The summed E-state index contributed by atoms with van der Waals surface area (Å²) in [6.45, 7) is 7.14. The minimum absolute atomic E-state index is 0.129.